The van der Waals surface area contributed by atoms with Gasteiger partial charge in [-0.05, 0) is 26.0 Å². The van der Waals surface area contributed by atoms with Gasteiger partial charge in [0.25, 0.3) is 0 Å². The van der Waals surface area contributed by atoms with E-state index in [1.807, 2.05) is 26.0 Å². The number of hydrogen-bond acceptors (Lipinski definition) is 2. The van der Waals surface area contributed by atoms with Crippen molar-refractivity contribution in [2.24, 2.45) is 5.92 Å². The van der Waals surface area contributed by atoms with Gasteiger partial charge in [0.1, 0.15) is 0 Å². The molecule has 1 fully saturated rings. The van der Waals surface area contributed by atoms with Crippen molar-refractivity contribution in [2.45, 2.75) is 26.3 Å². The molecule has 0 aliphatic carbocycles. The van der Waals surface area contributed by atoms with Crippen LogP contribution in [0.4, 0.5) is 5.69 Å². The molecule has 0 spiro atoms. The molecular weight excluding hydrogens is 264 g/mol. The lowest BCUT2D eigenvalue weighted by atomic mass is 10.1. The fourth-order valence-electron chi connectivity index (χ4n) is 2.19. The number of rotatable bonds is 3. The fraction of sp³-hybridized carbons (Fsp3) is 0.429. The largest absolute Gasteiger partial charge is 0.354 e. The van der Waals surface area contributed by atoms with Crippen molar-refractivity contribution in [3.05, 3.63) is 29.3 Å². The summed E-state index contributed by atoms with van der Waals surface area (Å²) in [6.45, 7) is 4.20. The summed E-state index contributed by atoms with van der Waals surface area (Å²) in [5.74, 6) is -0.430. The highest BCUT2D eigenvalue weighted by Gasteiger charge is 2.35. The second-order valence-corrected chi connectivity index (χ2v) is 5.43. The van der Waals surface area contributed by atoms with Crippen LogP contribution in [0.25, 0.3) is 0 Å². The van der Waals surface area contributed by atoms with Gasteiger partial charge in [-0.2, -0.15) is 0 Å². The maximum absolute atomic E-state index is 12.0. The first kappa shape index (κ1) is 13.9. The van der Waals surface area contributed by atoms with Gasteiger partial charge in [-0.1, -0.05) is 23.7 Å². The number of anilines is 1. The number of carbonyl (C=O) groups is 2. The van der Waals surface area contributed by atoms with Crippen molar-refractivity contribution in [3.63, 3.8) is 0 Å². The first-order valence-electron chi connectivity index (χ1n) is 6.34. The van der Waals surface area contributed by atoms with Gasteiger partial charge in [0, 0.05) is 19.0 Å². The van der Waals surface area contributed by atoms with Gasteiger partial charge < -0.3 is 10.2 Å². The van der Waals surface area contributed by atoms with Gasteiger partial charge in [-0.25, -0.2) is 0 Å². The Morgan fingerprint density at radius 3 is 2.74 bits per heavy atom. The third-order valence-electron chi connectivity index (χ3n) is 3.07. The molecule has 1 aliphatic heterocycles. The minimum Gasteiger partial charge on any atom is -0.354 e. The van der Waals surface area contributed by atoms with E-state index in [-0.39, 0.29) is 30.2 Å². The van der Waals surface area contributed by atoms with Crippen LogP contribution < -0.4 is 10.2 Å². The van der Waals surface area contributed by atoms with Crippen LogP contribution >= 0.6 is 11.6 Å². The molecule has 0 bridgehead atoms. The molecule has 0 radical (unpaired) electrons. The van der Waals surface area contributed by atoms with Gasteiger partial charge in [0.05, 0.1) is 16.6 Å². The molecule has 0 saturated carbocycles. The van der Waals surface area contributed by atoms with E-state index in [9.17, 15) is 9.59 Å². The van der Waals surface area contributed by atoms with Gasteiger partial charge in [-0.3, -0.25) is 9.59 Å². The van der Waals surface area contributed by atoms with Gasteiger partial charge in [0.2, 0.25) is 11.8 Å². The first-order valence-corrected chi connectivity index (χ1v) is 6.72. The van der Waals surface area contributed by atoms with E-state index in [4.69, 9.17) is 11.6 Å². The first-order chi connectivity index (χ1) is 8.99. The molecule has 0 unspecified atom stereocenters. The van der Waals surface area contributed by atoms with E-state index in [1.54, 1.807) is 17.0 Å². The second-order valence-electron chi connectivity index (χ2n) is 5.02. The summed E-state index contributed by atoms with van der Waals surface area (Å²) in [5.41, 5.74) is 0.675. The molecule has 2 amide bonds. The third-order valence-corrected chi connectivity index (χ3v) is 3.39. The summed E-state index contributed by atoms with van der Waals surface area (Å²) >= 11 is 6.09. The van der Waals surface area contributed by atoms with Crippen LogP contribution in [-0.2, 0) is 9.59 Å². The van der Waals surface area contributed by atoms with Gasteiger partial charge >= 0.3 is 0 Å². The monoisotopic (exact) mass is 280 g/mol. The Balaban J connectivity index is 2.12. The standard InChI is InChI=1S/C14H17ClN2O2/c1-9(2)16-14(19)10-7-13(18)17(8-10)12-6-4-3-5-11(12)15/h3-6,9-10H,7-8H2,1-2H3,(H,16,19)/t10-/m1/s1. The smallest absolute Gasteiger partial charge is 0.227 e. The van der Waals surface area contributed by atoms with Crippen LogP contribution in [0.1, 0.15) is 20.3 Å². The van der Waals surface area contributed by atoms with Crippen LogP contribution in [0.3, 0.4) is 0 Å². The zero-order valence-corrected chi connectivity index (χ0v) is 11.8. The fourth-order valence-corrected chi connectivity index (χ4v) is 2.43. The highest BCUT2D eigenvalue weighted by Crippen LogP contribution is 2.30. The summed E-state index contributed by atoms with van der Waals surface area (Å²) in [6, 6.07) is 7.26. The Morgan fingerprint density at radius 2 is 2.11 bits per heavy atom. The van der Waals surface area contributed by atoms with E-state index < -0.39 is 0 Å². The van der Waals surface area contributed by atoms with Gasteiger partial charge in [0.15, 0.2) is 0 Å². The van der Waals surface area contributed by atoms with Crippen molar-refractivity contribution in [3.8, 4) is 0 Å². The van der Waals surface area contributed by atoms with Crippen LogP contribution in [0.2, 0.25) is 5.02 Å². The van der Waals surface area contributed by atoms with E-state index >= 15 is 0 Å². The molecule has 1 atom stereocenters. The number of nitrogens with zero attached hydrogens (tertiary/aromatic N) is 1. The number of benzene rings is 1. The predicted molar refractivity (Wildman–Crippen MR) is 75.2 cm³/mol. The Kier molecular flexibility index (Phi) is 4.10. The lowest BCUT2D eigenvalue weighted by Gasteiger charge is -2.18. The van der Waals surface area contributed by atoms with Crippen LogP contribution in [-0.4, -0.2) is 24.4 Å². The molecule has 2 rings (SSSR count). The Labute approximate surface area is 117 Å². The van der Waals surface area contributed by atoms with Crippen LogP contribution in [0.15, 0.2) is 24.3 Å². The third kappa shape index (κ3) is 3.07. The molecule has 1 heterocycles. The molecule has 0 aromatic heterocycles. The van der Waals surface area contributed by atoms with E-state index in [0.29, 0.717) is 17.3 Å². The number of halogens is 1. The minimum absolute atomic E-state index is 0.0583. The zero-order chi connectivity index (χ0) is 14.0. The molecule has 1 aromatic carbocycles. The van der Waals surface area contributed by atoms with Crippen molar-refractivity contribution < 1.29 is 9.59 Å². The highest BCUT2D eigenvalue weighted by molar-refractivity contribution is 6.33. The van der Waals surface area contributed by atoms with Gasteiger partial charge in [-0.15, -0.1) is 0 Å². The predicted octanol–water partition coefficient (Wildman–Crippen LogP) is 2.22. The molecular formula is C14H17ClN2O2. The molecule has 1 aliphatic rings. The number of amides is 2. The Hall–Kier alpha value is -1.55. The average molecular weight is 281 g/mol. The molecule has 1 N–H and O–H groups in total. The maximum atomic E-state index is 12.0. The summed E-state index contributed by atoms with van der Waals surface area (Å²) in [5, 5.41) is 3.37. The minimum atomic E-state index is -0.300. The topological polar surface area (TPSA) is 49.4 Å². The molecule has 5 heteroatoms. The normalized spacial score (nSPS) is 19.1. The number of carbonyl (C=O) groups excluding carboxylic acids is 2. The van der Waals surface area contributed by atoms with E-state index in [0.717, 1.165) is 0 Å². The van der Waals surface area contributed by atoms with E-state index in [2.05, 4.69) is 5.32 Å². The average Bonchev–Trinajstić information content (AvgIpc) is 2.71. The number of para-hydroxylation sites is 1. The van der Waals surface area contributed by atoms with Crippen LogP contribution in [0, 0.1) is 5.92 Å². The zero-order valence-electron chi connectivity index (χ0n) is 11.0. The van der Waals surface area contributed by atoms with Crippen molar-refractivity contribution in [1.82, 2.24) is 5.32 Å². The molecule has 4 nitrogen and oxygen atoms in total. The number of hydrogen-bond donors (Lipinski definition) is 1. The summed E-state index contributed by atoms with van der Waals surface area (Å²) in [7, 11) is 0. The molecule has 1 saturated heterocycles. The van der Waals surface area contributed by atoms with Crippen molar-refractivity contribution >= 4 is 29.1 Å². The lowest BCUT2D eigenvalue weighted by molar-refractivity contribution is -0.126. The van der Waals surface area contributed by atoms with Crippen molar-refractivity contribution in [1.29, 1.82) is 0 Å². The molecule has 19 heavy (non-hydrogen) atoms. The Bertz CT molecular complexity index is 502. The summed E-state index contributed by atoms with van der Waals surface area (Å²) < 4.78 is 0. The summed E-state index contributed by atoms with van der Waals surface area (Å²) in [4.78, 5) is 25.5. The SMILES string of the molecule is CC(C)NC(=O)[C@@H]1CC(=O)N(c2ccccc2Cl)C1. The lowest BCUT2D eigenvalue weighted by Crippen LogP contribution is -2.37. The molecule has 1 aromatic rings. The summed E-state index contributed by atoms with van der Waals surface area (Å²) in [6.07, 6.45) is 0.240. The Morgan fingerprint density at radius 1 is 1.42 bits per heavy atom. The van der Waals surface area contributed by atoms with E-state index in [1.165, 1.54) is 0 Å². The van der Waals surface area contributed by atoms with Crippen molar-refractivity contribution in [2.75, 3.05) is 11.4 Å². The maximum Gasteiger partial charge on any atom is 0.227 e. The highest BCUT2D eigenvalue weighted by atomic mass is 35.5. The van der Waals surface area contributed by atoms with Crippen LogP contribution in [0.5, 0.6) is 0 Å². The molecule has 102 valence electrons. The second kappa shape index (κ2) is 5.61. The number of nitrogens with one attached hydrogen (secondary N) is 1. The quantitative estimate of drug-likeness (QED) is 0.923.